The van der Waals surface area contributed by atoms with Gasteiger partial charge in [-0.2, -0.15) is 4.98 Å². The maximum absolute atomic E-state index is 5.17. The van der Waals surface area contributed by atoms with E-state index in [0.717, 1.165) is 61.6 Å². The van der Waals surface area contributed by atoms with Crippen LogP contribution in [0.5, 0.6) is 0 Å². The van der Waals surface area contributed by atoms with E-state index in [9.17, 15) is 0 Å². The number of aromatic nitrogens is 5. The SMILES string of the molecule is CC[C@@H]1c2nncn2-c2c(C)nc(N3CCN(C)CC3)nc2N1C1CCCC1. The van der Waals surface area contributed by atoms with Gasteiger partial charge < -0.3 is 14.7 Å². The Morgan fingerprint density at radius 2 is 1.82 bits per heavy atom. The van der Waals surface area contributed by atoms with Gasteiger partial charge in [-0.1, -0.05) is 19.8 Å². The zero-order valence-electron chi connectivity index (χ0n) is 17.2. The summed E-state index contributed by atoms with van der Waals surface area (Å²) in [5.74, 6) is 2.98. The zero-order chi connectivity index (χ0) is 19.3. The Morgan fingerprint density at radius 1 is 1.07 bits per heavy atom. The lowest BCUT2D eigenvalue weighted by Crippen LogP contribution is -2.46. The molecule has 1 aliphatic carbocycles. The van der Waals surface area contributed by atoms with Crippen molar-refractivity contribution in [2.24, 2.45) is 0 Å². The third kappa shape index (κ3) is 2.77. The van der Waals surface area contributed by atoms with Crippen LogP contribution in [0.25, 0.3) is 5.69 Å². The number of anilines is 2. The van der Waals surface area contributed by atoms with Gasteiger partial charge in [-0.3, -0.25) is 4.57 Å². The molecule has 0 spiro atoms. The van der Waals surface area contributed by atoms with Crippen molar-refractivity contribution in [3.05, 3.63) is 17.8 Å². The molecule has 8 heteroatoms. The zero-order valence-corrected chi connectivity index (χ0v) is 17.2. The molecule has 0 N–H and O–H groups in total. The number of piperazine rings is 1. The molecule has 5 rings (SSSR count). The summed E-state index contributed by atoms with van der Waals surface area (Å²) in [6, 6.07) is 0.761. The maximum Gasteiger partial charge on any atom is 0.227 e. The summed E-state index contributed by atoms with van der Waals surface area (Å²) >= 11 is 0. The molecule has 2 aromatic heterocycles. The van der Waals surface area contributed by atoms with E-state index in [2.05, 4.69) is 50.4 Å². The molecule has 0 aromatic carbocycles. The highest BCUT2D eigenvalue weighted by Crippen LogP contribution is 2.44. The summed E-state index contributed by atoms with van der Waals surface area (Å²) in [4.78, 5) is 17.3. The normalized spacial score (nSPS) is 23.2. The van der Waals surface area contributed by atoms with Crippen LogP contribution in [-0.4, -0.2) is 68.9 Å². The lowest BCUT2D eigenvalue weighted by molar-refractivity contribution is 0.311. The molecule has 0 unspecified atom stereocenters. The average Bonchev–Trinajstić information content (AvgIpc) is 3.39. The Bertz CT molecular complexity index is 848. The first-order valence-electron chi connectivity index (χ1n) is 10.7. The fourth-order valence-electron chi connectivity index (χ4n) is 5.05. The highest BCUT2D eigenvalue weighted by atomic mass is 15.4. The van der Waals surface area contributed by atoms with Gasteiger partial charge in [-0.05, 0) is 33.2 Å². The number of hydrogen-bond acceptors (Lipinski definition) is 7. The van der Waals surface area contributed by atoms with Gasteiger partial charge in [0, 0.05) is 32.2 Å². The molecule has 150 valence electrons. The highest BCUT2D eigenvalue weighted by Gasteiger charge is 2.39. The average molecular weight is 383 g/mol. The lowest BCUT2D eigenvalue weighted by Gasteiger charge is -2.42. The first-order chi connectivity index (χ1) is 13.7. The minimum absolute atomic E-state index is 0.229. The summed E-state index contributed by atoms with van der Waals surface area (Å²) in [6.07, 6.45) is 7.90. The third-order valence-corrected chi connectivity index (χ3v) is 6.61. The van der Waals surface area contributed by atoms with Crippen molar-refractivity contribution in [2.45, 2.75) is 58.0 Å². The van der Waals surface area contributed by atoms with Gasteiger partial charge in [-0.15, -0.1) is 10.2 Å². The minimum atomic E-state index is 0.229. The van der Waals surface area contributed by atoms with Gasteiger partial charge in [0.15, 0.2) is 11.6 Å². The Morgan fingerprint density at radius 3 is 2.54 bits per heavy atom. The smallest absolute Gasteiger partial charge is 0.227 e. The quantitative estimate of drug-likeness (QED) is 0.807. The summed E-state index contributed by atoms with van der Waals surface area (Å²) in [5.41, 5.74) is 2.08. The van der Waals surface area contributed by atoms with E-state index in [1.807, 2.05) is 6.33 Å². The second-order valence-corrected chi connectivity index (χ2v) is 8.40. The predicted molar refractivity (Wildman–Crippen MR) is 109 cm³/mol. The number of hydrogen-bond donors (Lipinski definition) is 0. The fraction of sp³-hybridized carbons (Fsp3) is 0.700. The van der Waals surface area contributed by atoms with E-state index >= 15 is 0 Å². The molecule has 3 aliphatic rings. The molecule has 2 aromatic rings. The molecule has 2 aliphatic heterocycles. The van der Waals surface area contributed by atoms with Crippen molar-refractivity contribution in [1.82, 2.24) is 29.6 Å². The topological polar surface area (TPSA) is 66.2 Å². The molecular weight excluding hydrogens is 352 g/mol. The molecule has 1 atom stereocenters. The van der Waals surface area contributed by atoms with E-state index in [4.69, 9.17) is 9.97 Å². The van der Waals surface area contributed by atoms with Crippen molar-refractivity contribution in [3.63, 3.8) is 0 Å². The predicted octanol–water partition coefficient (Wildman–Crippen LogP) is 2.33. The minimum Gasteiger partial charge on any atom is -0.341 e. The monoisotopic (exact) mass is 382 g/mol. The van der Waals surface area contributed by atoms with Gasteiger partial charge in [0.2, 0.25) is 5.95 Å². The van der Waals surface area contributed by atoms with Crippen LogP contribution in [0.15, 0.2) is 6.33 Å². The van der Waals surface area contributed by atoms with Gasteiger partial charge in [-0.25, -0.2) is 4.98 Å². The van der Waals surface area contributed by atoms with Crippen molar-refractivity contribution in [2.75, 3.05) is 43.0 Å². The maximum atomic E-state index is 5.17. The molecule has 0 amide bonds. The Balaban J connectivity index is 1.63. The number of likely N-dealkylation sites (N-methyl/N-ethyl adjacent to an activating group) is 1. The molecule has 0 bridgehead atoms. The van der Waals surface area contributed by atoms with Crippen molar-refractivity contribution in [3.8, 4) is 5.69 Å². The molecule has 8 nitrogen and oxygen atoms in total. The van der Waals surface area contributed by atoms with Crippen LogP contribution in [0.1, 0.15) is 56.6 Å². The van der Waals surface area contributed by atoms with Gasteiger partial charge in [0.25, 0.3) is 0 Å². The first kappa shape index (κ1) is 17.8. The van der Waals surface area contributed by atoms with E-state index < -0.39 is 0 Å². The molecule has 28 heavy (non-hydrogen) atoms. The van der Waals surface area contributed by atoms with Crippen LogP contribution in [0.3, 0.4) is 0 Å². The lowest BCUT2D eigenvalue weighted by atomic mass is 10.0. The van der Waals surface area contributed by atoms with E-state index in [0.29, 0.717) is 6.04 Å². The molecule has 2 fully saturated rings. The van der Waals surface area contributed by atoms with Crippen LogP contribution in [0, 0.1) is 6.92 Å². The van der Waals surface area contributed by atoms with Crippen LogP contribution in [-0.2, 0) is 0 Å². The summed E-state index contributed by atoms with van der Waals surface area (Å²) in [6.45, 7) is 8.41. The van der Waals surface area contributed by atoms with Crippen molar-refractivity contribution in [1.29, 1.82) is 0 Å². The number of rotatable bonds is 3. The first-order valence-corrected chi connectivity index (χ1v) is 10.7. The molecule has 0 radical (unpaired) electrons. The molecule has 1 saturated carbocycles. The largest absolute Gasteiger partial charge is 0.341 e. The third-order valence-electron chi connectivity index (χ3n) is 6.61. The van der Waals surface area contributed by atoms with Gasteiger partial charge in [0.1, 0.15) is 12.0 Å². The van der Waals surface area contributed by atoms with Crippen LogP contribution in [0.2, 0.25) is 0 Å². The van der Waals surface area contributed by atoms with Gasteiger partial charge in [0.05, 0.1) is 11.7 Å². The summed E-state index contributed by atoms with van der Waals surface area (Å²) in [5, 5.41) is 8.73. The van der Waals surface area contributed by atoms with Crippen molar-refractivity contribution >= 4 is 11.8 Å². The van der Waals surface area contributed by atoms with E-state index in [1.165, 1.54) is 25.7 Å². The summed E-state index contributed by atoms with van der Waals surface area (Å²) < 4.78 is 2.12. The molecular formula is C20H30N8. The number of nitrogens with zero attached hydrogens (tertiary/aromatic N) is 8. The second-order valence-electron chi connectivity index (χ2n) is 8.40. The molecule has 4 heterocycles. The fourth-order valence-corrected chi connectivity index (χ4v) is 5.05. The Labute approximate surface area is 166 Å². The Hall–Kier alpha value is -2.22. The van der Waals surface area contributed by atoms with E-state index in [1.54, 1.807) is 0 Å². The summed E-state index contributed by atoms with van der Waals surface area (Å²) in [7, 11) is 2.18. The van der Waals surface area contributed by atoms with E-state index in [-0.39, 0.29) is 6.04 Å². The highest BCUT2D eigenvalue weighted by molar-refractivity contribution is 5.66. The van der Waals surface area contributed by atoms with Crippen LogP contribution in [0.4, 0.5) is 11.8 Å². The van der Waals surface area contributed by atoms with Crippen LogP contribution < -0.4 is 9.80 Å². The number of fused-ring (bicyclic) bond motifs is 3. The van der Waals surface area contributed by atoms with Crippen molar-refractivity contribution < 1.29 is 0 Å². The molecule has 1 saturated heterocycles. The Kier molecular flexibility index (Phi) is 4.45. The number of aryl methyl sites for hydroxylation is 1. The van der Waals surface area contributed by atoms with Crippen LogP contribution >= 0.6 is 0 Å². The second kappa shape index (κ2) is 6.99. The van der Waals surface area contributed by atoms with Gasteiger partial charge >= 0.3 is 0 Å². The standard InChI is InChI=1S/C20H30N8/c1-4-16-18-24-21-13-27(18)17-14(2)22-20(26-11-9-25(3)10-12-26)23-19(17)28(16)15-7-5-6-8-15/h13,15-16H,4-12H2,1-3H3/t16-/m1/s1.